The third kappa shape index (κ3) is 3.33. The smallest absolute Gasteiger partial charge is 0.265 e. The first kappa shape index (κ1) is 14.5. The highest BCUT2D eigenvalue weighted by Gasteiger charge is 2.09. The van der Waals surface area contributed by atoms with Crippen LogP contribution in [0.5, 0.6) is 0 Å². The van der Waals surface area contributed by atoms with Crippen LogP contribution in [0.4, 0.5) is 10.1 Å². The van der Waals surface area contributed by atoms with Crippen LogP contribution in [0.1, 0.15) is 5.56 Å². The van der Waals surface area contributed by atoms with Gasteiger partial charge in [0.1, 0.15) is 12.4 Å². The predicted octanol–water partition coefficient (Wildman–Crippen LogP) is 2.70. The Hall–Kier alpha value is -1.95. The molecule has 1 aromatic carbocycles. The van der Waals surface area contributed by atoms with Gasteiger partial charge >= 0.3 is 0 Å². The SMILES string of the molecule is Cc1cc(Br)c(=O)n(CC(=O)Nc2ccccc2F)c1. The van der Waals surface area contributed by atoms with E-state index in [1.165, 1.54) is 22.8 Å². The van der Waals surface area contributed by atoms with E-state index >= 15 is 0 Å². The summed E-state index contributed by atoms with van der Waals surface area (Å²) in [6.07, 6.45) is 1.58. The third-order valence-electron chi connectivity index (χ3n) is 2.64. The van der Waals surface area contributed by atoms with Gasteiger partial charge in [-0.25, -0.2) is 4.39 Å². The molecule has 2 aromatic rings. The van der Waals surface area contributed by atoms with Crippen LogP contribution in [0.2, 0.25) is 0 Å². The van der Waals surface area contributed by atoms with E-state index in [1.807, 2.05) is 6.92 Å². The number of nitrogens with one attached hydrogen (secondary N) is 1. The van der Waals surface area contributed by atoms with Crippen molar-refractivity contribution in [1.82, 2.24) is 4.57 Å². The maximum atomic E-state index is 13.4. The number of para-hydroxylation sites is 1. The van der Waals surface area contributed by atoms with Crippen molar-refractivity contribution in [2.45, 2.75) is 13.5 Å². The molecule has 0 radical (unpaired) electrons. The maximum absolute atomic E-state index is 13.4. The number of carbonyl (C=O) groups is 1. The van der Waals surface area contributed by atoms with E-state index in [2.05, 4.69) is 21.2 Å². The molecule has 1 heterocycles. The van der Waals surface area contributed by atoms with E-state index in [0.717, 1.165) is 5.56 Å². The van der Waals surface area contributed by atoms with Crippen molar-refractivity contribution in [3.8, 4) is 0 Å². The number of aryl methyl sites for hydroxylation is 1. The number of carbonyl (C=O) groups excluding carboxylic acids is 1. The minimum Gasteiger partial charge on any atom is -0.322 e. The van der Waals surface area contributed by atoms with Crippen LogP contribution in [0.15, 0.2) is 45.8 Å². The molecule has 0 atom stereocenters. The Bertz CT molecular complexity index is 713. The summed E-state index contributed by atoms with van der Waals surface area (Å²) in [5.41, 5.74) is 0.631. The normalized spacial score (nSPS) is 10.3. The number of anilines is 1. The summed E-state index contributed by atoms with van der Waals surface area (Å²) >= 11 is 3.14. The molecule has 0 saturated heterocycles. The Morgan fingerprint density at radius 2 is 2.10 bits per heavy atom. The van der Waals surface area contributed by atoms with Crippen molar-refractivity contribution in [3.05, 3.63) is 62.7 Å². The molecule has 4 nitrogen and oxygen atoms in total. The summed E-state index contributed by atoms with van der Waals surface area (Å²) in [6, 6.07) is 7.54. The molecular weight excluding hydrogens is 327 g/mol. The Morgan fingerprint density at radius 3 is 2.80 bits per heavy atom. The number of hydrogen-bond acceptors (Lipinski definition) is 2. The first-order valence-electron chi connectivity index (χ1n) is 5.88. The lowest BCUT2D eigenvalue weighted by atomic mass is 10.3. The van der Waals surface area contributed by atoms with Gasteiger partial charge in [0.25, 0.3) is 5.56 Å². The molecule has 2 rings (SSSR count). The number of pyridine rings is 1. The lowest BCUT2D eigenvalue weighted by molar-refractivity contribution is -0.116. The van der Waals surface area contributed by atoms with E-state index in [1.54, 1.807) is 18.3 Å². The van der Waals surface area contributed by atoms with Crippen LogP contribution in [0.3, 0.4) is 0 Å². The molecule has 1 aromatic heterocycles. The molecule has 0 unspecified atom stereocenters. The Balaban J connectivity index is 2.17. The molecule has 20 heavy (non-hydrogen) atoms. The zero-order valence-electron chi connectivity index (χ0n) is 10.7. The summed E-state index contributed by atoms with van der Waals surface area (Å²) < 4.78 is 15.1. The monoisotopic (exact) mass is 338 g/mol. The van der Waals surface area contributed by atoms with Gasteiger partial charge in [0.15, 0.2) is 0 Å². The van der Waals surface area contributed by atoms with Gasteiger partial charge in [-0.2, -0.15) is 0 Å². The van der Waals surface area contributed by atoms with Gasteiger partial charge in [0.2, 0.25) is 5.91 Å². The first-order chi connectivity index (χ1) is 9.47. The Morgan fingerprint density at radius 1 is 1.40 bits per heavy atom. The average Bonchev–Trinajstić information content (AvgIpc) is 2.38. The van der Waals surface area contributed by atoms with Crippen molar-refractivity contribution >= 4 is 27.5 Å². The van der Waals surface area contributed by atoms with Gasteiger partial charge in [-0.3, -0.25) is 9.59 Å². The number of hydrogen-bond donors (Lipinski definition) is 1. The van der Waals surface area contributed by atoms with Crippen LogP contribution in [-0.4, -0.2) is 10.5 Å². The summed E-state index contributed by atoms with van der Waals surface area (Å²) in [4.78, 5) is 23.7. The maximum Gasteiger partial charge on any atom is 0.265 e. The van der Waals surface area contributed by atoms with Crippen LogP contribution >= 0.6 is 15.9 Å². The average molecular weight is 339 g/mol. The van der Waals surface area contributed by atoms with Gasteiger partial charge in [0.05, 0.1) is 10.2 Å². The molecule has 0 fully saturated rings. The van der Waals surface area contributed by atoms with Gasteiger partial charge < -0.3 is 9.88 Å². The zero-order valence-corrected chi connectivity index (χ0v) is 12.3. The Kier molecular flexibility index (Phi) is 4.34. The topological polar surface area (TPSA) is 51.1 Å². The van der Waals surface area contributed by atoms with Crippen molar-refractivity contribution in [3.63, 3.8) is 0 Å². The number of nitrogens with zero attached hydrogens (tertiary/aromatic N) is 1. The quantitative estimate of drug-likeness (QED) is 0.935. The molecule has 0 aliphatic carbocycles. The number of halogens is 2. The van der Waals surface area contributed by atoms with Crippen molar-refractivity contribution in [1.29, 1.82) is 0 Å². The van der Waals surface area contributed by atoms with Gasteiger partial charge in [-0.05, 0) is 46.6 Å². The Labute approximate surface area is 123 Å². The number of aromatic nitrogens is 1. The molecule has 1 N–H and O–H groups in total. The van der Waals surface area contributed by atoms with E-state index in [0.29, 0.717) is 4.47 Å². The van der Waals surface area contributed by atoms with Crippen LogP contribution in [0.25, 0.3) is 0 Å². The van der Waals surface area contributed by atoms with Gasteiger partial charge in [-0.15, -0.1) is 0 Å². The molecule has 0 aliphatic rings. The van der Waals surface area contributed by atoms with E-state index in [9.17, 15) is 14.0 Å². The lowest BCUT2D eigenvalue weighted by Gasteiger charge is -2.09. The number of benzene rings is 1. The molecule has 0 bridgehead atoms. The van der Waals surface area contributed by atoms with Gasteiger partial charge in [-0.1, -0.05) is 12.1 Å². The summed E-state index contributed by atoms with van der Waals surface area (Å²) in [7, 11) is 0. The van der Waals surface area contributed by atoms with Crippen molar-refractivity contribution in [2.75, 3.05) is 5.32 Å². The first-order valence-corrected chi connectivity index (χ1v) is 6.67. The van der Waals surface area contributed by atoms with Crippen LogP contribution in [0, 0.1) is 12.7 Å². The summed E-state index contributed by atoms with van der Waals surface area (Å²) in [6.45, 7) is 1.64. The van der Waals surface area contributed by atoms with E-state index < -0.39 is 11.7 Å². The van der Waals surface area contributed by atoms with Gasteiger partial charge in [0, 0.05) is 6.20 Å². The van der Waals surface area contributed by atoms with Crippen molar-refractivity contribution in [2.24, 2.45) is 0 Å². The number of amides is 1. The molecule has 0 spiro atoms. The predicted molar refractivity (Wildman–Crippen MR) is 78.2 cm³/mol. The second-order valence-electron chi connectivity index (χ2n) is 4.33. The minimum atomic E-state index is -0.515. The molecule has 1 amide bonds. The highest BCUT2D eigenvalue weighted by molar-refractivity contribution is 9.10. The lowest BCUT2D eigenvalue weighted by Crippen LogP contribution is -2.28. The van der Waals surface area contributed by atoms with Crippen molar-refractivity contribution < 1.29 is 9.18 Å². The summed E-state index contributed by atoms with van der Waals surface area (Å²) in [5.74, 6) is -0.978. The molecule has 104 valence electrons. The molecule has 0 saturated carbocycles. The fraction of sp³-hybridized carbons (Fsp3) is 0.143. The highest BCUT2D eigenvalue weighted by atomic mass is 79.9. The minimum absolute atomic E-state index is 0.0947. The fourth-order valence-electron chi connectivity index (χ4n) is 1.76. The summed E-state index contributed by atoms with van der Waals surface area (Å²) in [5, 5.41) is 2.44. The highest BCUT2D eigenvalue weighted by Crippen LogP contribution is 2.12. The van der Waals surface area contributed by atoms with E-state index in [4.69, 9.17) is 0 Å². The second kappa shape index (κ2) is 6.00. The third-order valence-corrected chi connectivity index (χ3v) is 3.21. The van der Waals surface area contributed by atoms with Crippen LogP contribution in [-0.2, 0) is 11.3 Å². The van der Waals surface area contributed by atoms with E-state index in [-0.39, 0.29) is 17.8 Å². The standard InChI is InChI=1S/C14H12BrFN2O2/c1-9-6-10(15)14(20)18(7-9)8-13(19)17-12-5-3-2-4-11(12)16/h2-7H,8H2,1H3,(H,17,19). The number of rotatable bonds is 3. The molecule has 0 aliphatic heterocycles. The molecular formula is C14H12BrFN2O2. The zero-order chi connectivity index (χ0) is 14.7. The second-order valence-corrected chi connectivity index (χ2v) is 5.18. The molecule has 6 heteroatoms. The largest absolute Gasteiger partial charge is 0.322 e. The fourth-order valence-corrected chi connectivity index (χ4v) is 2.35. The van der Waals surface area contributed by atoms with Crippen LogP contribution < -0.4 is 10.9 Å².